The predicted molar refractivity (Wildman–Crippen MR) is 120 cm³/mol. The van der Waals surface area contributed by atoms with E-state index in [-0.39, 0.29) is 31.9 Å². The normalized spacial score (nSPS) is 16.9. The van der Waals surface area contributed by atoms with Crippen LogP contribution in [0.3, 0.4) is 0 Å². The summed E-state index contributed by atoms with van der Waals surface area (Å²) in [4.78, 5) is 16.4. The van der Waals surface area contributed by atoms with Crippen LogP contribution >= 0.6 is 0 Å². The lowest BCUT2D eigenvalue weighted by Crippen LogP contribution is -2.35. The van der Waals surface area contributed by atoms with Gasteiger partial charge in [-0.25, -0.2) is 0 Å². The van der Waals surface area contributed by atoms with Gasteiger partial charge in [0.2, 0.25) is 12.5 Å². The second-order valence-corrected chi connectivity index (χ2v) is 8.30. The number of hydrogen-bond acceptors (Lipinski definition) is 9. The van der Waals surface area contributed by atoms with Crippen molar-refractivity contribution < 1.29 is 24.1 Å². The van der Waals surface area contributed by atoms with Crippen LogP contribution in [0.2, 0.25) is 0 Å². The van der Waals surface area contributed by atoms with Gasteiger partial charge in [0.05, 0.1) is 19.4 Å². The van der Waals surface area contributed by atoms with Crippen LogP contribution in [-0.2, 0) is 6.42 Å². The molecule has 0 unspecified atom stereocenters. The van der Waals surface area contributed by atoms with E-state index in [0.29, 0.717) is 34.3 Å². The summed E-state index contributed by atoms with van der Waals surface area (Å²) < 4.78 is 18.8. The zero-order valence-electron chi connectivity index (χ0n) is 19.3. The van der Waals surface area contributed by atoms with E-state index >= 15 is 0 Å². The Morgan fingerprint density at radius 2 is 2.18 bits per heavy atom. The van der Waals surface area contributed by atoms with Gasteiger partial charge in [-0.2, -0.15) is 4.68 Å². The molecule has 3 aromatic rings. The van der Waals surface area contributed by atoms with Crippen LogP contribution in [0.15, 0.2) is 30.3 Å². The lowest BCUT2D eigenvalue weighted by atomic mass is 9.90. The minimum absolute atomic E-state index is 0.104. The molecule has 0 fully saturated rings. The van der Waals surface area contributed by atoms with Gasteiger partial charge in [-0.15, -0.1) is 5.10 Å². The zero-order valence-corrected chi connectivity index (χ0v) is 19.3. The first-order valence-electron chi connectivity index (χ1n) is 11.0. The number of benzene rings is 2. The summed E-state index contributed by atoms with van der Waals surface area (Å²) in [6.07, 6.45) is 0.818. The topological polar surface area (TPSA) is 115 Å². The minimum atomic E-state index is -0.306. The molecule has 0 bridgehead atoms. The maximum atomic E-state index is 12.8. The van der Waals surface area contributed by atoms with Crippen molar-refractivity contribution in [1.82, 2.24) is 30.0 Å². The Hall–Kier alpha value is -3.70. The quantitative estimate of drug-likeness (QED) is 0.569. The van der Waals surface area contributed by atoms with Crippen LogP contribution in [0.25, 0.3) is 5.69 Å². The summed E-state index contributed by atoms with van der Waals surface area (Å²) in [5, 5.41) is 21.8. The fourth-order valence-corrected chi connectivity index (χ4v) is 4.55. The van der Waals surface area contributed by atoms with E-state index in [9.17, 15) is 4.79 Å². The van der Waals surface area contributed by atoms with E-state index in [1.54, 1.807) is 37.0 Å². The van der Waals surface area contributed by atoms with Gasteiger partial charge < -0.3 is 24.2 Å². The van der Waals surface area contributed by atoms with Crippen LogP contribution in [0.4, 0.5) is 0 Å². The summed E-state index contributed by atoms with van der Waals surface area (Å²) in [6, 6.07) is 8.82. The van der Waals surface area contributed by atoms with E-state index in [4.69, 9.17) is 19.3 Å². The Bertz CT molecular complexity index is 1230. The first-order chi connectivity index (χ1) is 16.5. The number of fused-ring (bicyclic) bond motifs is 2. The maximum Gasteiger partial charge on any atom is 0.253 e. The number of amides is 1. The number of aliphatic hydroxyl groups excluding tert-OH is 1. The molecule has 0 spiro atoms. The monoisotopic (exact) mass is 466 g/mol. The van der Waals surface area contributed by atoms with Crippen LogP contribution in [0.1, 0.15) is 33.4 Å². The Kier molecular flexibility index (Phi) is 5.80. The molecular weight excluding hydrogens is 440 g/mol. The summed E-state index contributed by atoms with van der Waals surface area (Å²) >= 11 is 0. The lowest BCUT2D eigenvalue weighted by molar-refractivity contribution is 0.0767. The second kappa shape index (κ2) is 8.92. The number of hydrogen-bond donors (Lipinski definition) is 1. The number of aromatic nitrogens is 4. The number of carbonyl (C=O) groups is 1. The number of methoxy groups -OCH3 is 1. The number of rotatable bonds is 6. The highest BCUT2D eigenvalue weighted by Crippen LogP contribution is 2.50. The predicted octanol–water partition coefficient (Wildman–Crippen LogP) is 1.04. The molecule has 1 N–H and O–H groups in total. The molecule has 5 rings (SSSR count). The molecule has 0 saturated carbocycles. The number of carbonyl (C=O) groups excluding carboxylic acids is 1. The molecule has 0 aliphatic carbocycles. The fraction of sp³-hybridized carbons (Fsp3) is 0.391. The largest absolute Gasteiger partial charge is 0.492 e. The third-order valence-electron chi connectivity index (χ3n) is 6.25. The summed E-state index contributed by atoms with van der Waals surface area (Å²) in [7, 11) is 5.28. The molecule has 3 heterocycles. The molecule has 2 aliphatic heterocycles. The maximum absolute atomic E-state index is 12.8. The van der Waals surface area contributed by atoms with Crippen LogP contribution < -0.4 is 14.2 Å². The lowest BCUT2D eigenvalue weighted by Gasteiger charge is -2.34. The SMILES string of the molecule is COc1c2c(cc3c1[C@@H](c1nnnn1-c1cccc(C(=O)N(C)CCO)c1)N(C)CC3)OCO2. The molecule has 11 heteroatoms. The van der Waals surface area contributed by atoms with Crippen molar-refractivity contribution in [3.8, 4) is 22.9 Å². The molecule has 178 valence electrons. The van der Waals surface area contributed by atoms with Gasteiger partial charge in [0.1, 0.15) is 6.04 Å². The highest BCUT2D eigenvalue weighted by molar-refractivity contribution is 5.94. The molecule has 1 atom stereocenters. The molecule has 11 nitrogen and oxygen atoms in total. The van der Waals surface area contributed by atoms with E-state index in [1.807, 2.05) is 19.2 Å². The number of aliphatic hydroxyl groups is 1. The van der Waals surface area contributed by atoms with Crippen molar-refractivity contribution in [3.05, 3.63) is 52.8 Å². The van der Waals surface area contributed by atoms with Gasteiger partial charge in [0.25, 0.3) is 5.91 Å². The standard InChI is InChI=1S/C23H26N6O5/c1-27-8-7-14-12-17-20(34-13-33-17)21(32-3)18(14)19(27)22-24-25-26-29(22)16-6-4-5-15(11-16)23(31)28(2)9-10-30/h4-6,11-12,19,30H,7-10,13H2,1-3H3/t19-/m0/s1. The minimum Gasteiger partial charge on any atom is -0.492 e. The third-order valence-corrected chi connectivity index (χ3v) is 6.25. The van der Waals surface area contributed by atoms with E-state index < -0.39 is 0 Å². The van der Waals surface area contributed by atoms with Crippen molar-refractivity contribution in [2.45, 2.75) is 12.5 Å². The molecule has 1 aromatic heterocycles. The highest BCUT2D eigenvalue weighted by Gasteiger charge is 2.37. The van der Waals surface area contributed by atoms with Crippen molar-refractivity contribution in [2.24, 2.45) is 0 Å². The van der Waals surface area contributed by atoms with Gasteiger partial charge in [0.15, 0.2) is 17.3 Å². The molecule has 2 aromatic carbocycles. The third kappa shape index (κ3) is 3.62. The molecule has 34 heavy (non-hydrogen) atoms. The van der Waals surface area contributed by atoms with Crippen LogP contribution in [0.5, 0.6) is 17.2 Å². The smallest absolute Gasteiger partial charge is 0.253 e. The number of nitrogens with zero attached hydrogens (tertiary/aromatic N) is 6. The van der Waals surface area contributed by atoms with Gasteiger partial charge in [-0.3, -0.25) is 9.69 Å². The zero-order chi connectivity index (χ0) is 23.8. The summed E-state index contributed by atoms with van der Waals surface area (Å²) in [5.74, 6) is 2.27. The van der Waals surface area contributed by atoms with E-state index in [1.165, 1.54) is 4.90 Å². The molecule has 2 aliphatic rings. The molecule has 1 amide bonds. The first kappa shape index (κ1) is 22.1. The average Bonchev–Trinajstić information content (AvgIpc) is 3.52. The Morgan fingerprint density at radius 3 is 2.97 bits per heavy atom. The van der Waals surface area contributed by atoms with Crippen LogP contribution in [-0.4, -0.2) is 88.7 Å². The van der Waals surface area contributed by atoms with Gasteiger partial charge in [-0.05, 0) is 53.7 Å². The van der Waals surface area contributed by atoms with Gasteiger partial charge in [-0.1, -0.05) is 6.07 Å². The Balaban J connectivity index is 1.59. The second-order valence-electron chi connectivity index (χ2n) is 8.30. The average molecular weight is 466 g/mol. The number of likely N-dealkylation sites (N-methyl/N-ethyl adjacent to an activating group) is 2. The van der Waals surface area contributed by atoms with Crippen molar-refractivity contribution in [2.75, 3.05) is 47.7 Å². The summed E-state index contributed by atoms with van der Waals surface area (Å²) in [6.45, 7) is 1.09. The van der Waals surface area contributed by atoms with Crippen molar-refractivity contribution in [1.29, 1.82) is 0 Å². The molecule has 0 radical (unpaired) electrons. The fourth-order valence-electron chi connectivity index (χ4n) is 4.55. The van der Waals surface area contributed by atoms with E-state index in [2.05, 4.69) is 20.4 Å². The first-order valence-corrected chi connectivity index (χ1v) is 11.0. The summed E-state index contributed by atoms with van der Waals surface area (Å²) in [5.41, 5.74) is 3.16. The number of tetrazole rings is 1. The Morgan fingerprint density at radius 1 is 1.32 bits per heavy atom. The van der Waals surface area contributed by atoms with Gasteiger partial charge >= 0.3 is 0 Å². The van der Waals surface area contributed by atoms with Crippen molar-refractivity contribution in [3.63, 3.8) is 0 Å². The number of ether oxygens (including phenoxy) is 3. The Labute approximate surface area is 196 Å². The van der Waals surface area contributed by atoms with Crippen molar-refractivity contribution >= 4 is 5.91 Å². The highest BCUT2D eigenvalue weighted by atomic mass is 16.7. The van der Waals surface area contributed by atoms with E-state index in [0.717, 1.165) is 24.1 Å². The molecule has 0 saturated heterocycles. The molecular formula is C23H26N6O5. The van der Waals surface area contributed by atoms with Gasteiger partial charge in [0, 0.05) is 31.3 Å². The van der Waals surface area contributed by atoms with Crippen LogP contribution in [0, 0.1) is 0 Å².